The lowest BCUT2D eigenvalue weighted by Crippen LogP contribution is -2.40. The number of aromatic nitrogens is 2. The van der Waals surface area contributed by atoms with E-state index in [1.807, 2.05) is 18.2 Å². The second kappa shape index (κ2) is 8.06. The van der Waals surface area contributed by atoms with Crippen LogP contribution in [0.25, 0.3) is 11.0 Å². The monoisotopic (exact) mass is 442 g/mol. The van der Waals surface area contributed by atoms with Crippen LogP contribution < -0.4 is 4.90 Å². The maximum absolute atomic E-state index is 12.3. The first-order valence-electron chi connectivity index (χ1n) is 10.2. The third-order valence-electron chi connectivity index (χ3n) is 6.02. The number of hydrogen-bond acceptors (Lipinski definition) is 4. The second-order valence-electron chi connectivity index (χ2n) is 7.94. The summed E-state index contributed by atoms with van der Waals surface area (Å²) in [4.78, 5) is 19.7. The molecular weight excluding hydrogens is 420 g/mol. The fraction of sp³-hybridized carbons (Fsp3) is 0.364. The number of likely N-dealkylation sites (tertiary alicyclic amines) is 1. The van der Waals surface area contributed by atoms with Crippen LogP contribution in [0.3, 0.4) is 0 Å². The summed E-state index contributed by atoms with van der Waals surface area (Å²) in [5, 5.41) is 0.654. The number of nitrogens with zero attached hydrogens (tertiary/aromatic N) is 3. The molecular formula is C22H23ClN4O2S. The van der Waals surface area contributed by atoms with Crippen molar-refractivity contribution in [1.82, 2.24) is 14.5 Å². The number of ether oxygens (including phenoxy) is 1. The van der Waals surface area contributed by atoms with Crippen LogP contribution in [0.15, 0.2) is 48.5 Å². The number of benzene rings is 2. The Morgan fingerprint density at radius 2 is 1.83 bits per heavy atom. The molecule has 2 aliphatic rings. The van der Waals surface area contributed by atoms with E-state index in [0.29, 0.717) is 17.6 Å². The number of carbonyl (C=O) groups excluding carboxylic acids is 1. The largest absolute Gasteiger partial charge is 0.443 e. The first-order chi connectivity index (χ1) is 14.6. The van der Waals surface area contributed by atoms with Crippen molar-refractivity contribution >= 4 is 46.6 Å². The number of rotatable bonds is 4. The standard InChI is InChI=1S/C22H23ClN4O2S/c23-15-5-7-16(8-6-15)26-14-18(29-22(26)28)13-25-11-9-17(10-12-25)27-20-4-2-1-3-19(20)24-21(27)30/h1-8,17-18H,9-14H2,(H,24,30). The topological polar surface area (TPSA) is 53.5 Å². The summed E-state index contributed by atoms with van der Waals surface area (Å²) in [7, 11) is 0. The minimum Gasteiger partial charge on any atom is -0.443 e. The molecule has 1 N–H and O–H groups in total. The molecule has 3 heterocycles. The highest BCUT2D eigenvalue weighted by molar-refractivity contribution is 7.71. The van der Waals surface area contributed by atoms with Crippen molar-refractivity contribution in [3.63, 3.8) is 0 Å². The van der Waals surface area contributed by atoms with Crippen LogP contribution in [0, 0.1) is 4.77 Å². The molecule has 2 fully saturated rings. The zero-order valence-electron chi connectivity index (χ0n) is 16.5. The van der Waals surface area contributed by atoms with Crippen LogP contribution in [-0.2, 0) is 4.74 Å². The minimum atomic E-state index is -0.290. The number of hydrogen-bond donors (Lipinski definition) is 1. The van der Waals surface area contributed by atoms with Crippen molar-refractivity contribution in [3.8, 4) is 0 Å². The quantitative estimate of drug-likeness (QED) is 0.577. The van der Waals surface area contributed by atoms with Crippen LogP contribution >= 0.6 is 23.8 Å². The molecule has 1 atom stereocenters. The van der Waals surface area contributed by atoms with Crippen molar-refractivity contribution in [2.75, 3.05) is 31.1 Å². The van der Waals surface area contributed by atoms with Gasteiger partial charge in [-0.15, -0.1) is 0 Å². The molecule has 5 rings (SSSR count). The molecule has 2 aliphatic heterocycles. The molecule has 1 amide bonds. The Balaban J connectivity index is 1.20. The van der Waals surface area contributed by atoms with Gasteiger partial charge < -0.3 is 14.3 Å². The highest BCUT2D eigenvalue weighted by atomic mass is 35.5. The van der Waals surface area contributed by atoms with E-state index in [0.717, 1.165) is 48.5 Å². The molecule has 0 radical (unpaired) electrons. The number of imidazole rings is 1. The molecule has 0 spiro atoms. The van der Waals surface area contributed by atoms with Gasteiger partial charge in [-0.05, 0) is 61.5 Å². The Morgan fingerprint density at radius 3 is 2.60 bits per heavy atom. The molecule has 2 saturated heterocycles. The van der Waals surface area contributed by atoms with Gasteiger partial charge in [0.25, 0.3) is 0 Å². The number of anilines is 1. The molecule has 30 heavy (non-hydrogen) atoms. The lowest BCUT2D eigenvalue weighted by molar-refractivity contribution is 0.0927. The van der Waals surface area contributed by atoms with Gasteiger partial charge in [0.1, 0.15) is 6.10 Å². The SMILES string of the molecule is O=C1OC(CN2CCC(n3c(=S)[nH]c4ccccc43)CC2)CN1c1ccc(Cl)cc1. The van der Waals surface area contributed by atoms with Crippen molar-refractivity contribution in [2.45, 2.75) is 25.0 Å². The van der Waals surface area contributed by atoms with Gasteiger partial charge in [0.15, 0.2) is 4.77 Å². The maximum Gasteiger partial charge on any atom is 0.414 e. The van der Waals surface area contributed by atoms with Gasteiger partial charge in [0.2, 0.25) is 0 Å². The zero-order valence-corrected chi connectivity index (χ0v) is 18.0. The van der Waals surface area contributed by atoms with Crippen molar-refractivity contribution in [3.05, 3.63) is 58.3 Å². The van der Waals surface area contributed by atoms with Crippen LogP contribution in [0.2, 0.25) is 5.02 Å². The molecule has 6 nitrogen and oxygen atoms in total. The average molecular weight is 443 g/mol. The van der Waals surface area contributed by atoms with Gasteiger partial charge in [-0.3, -0.25) is 9.80 Å². The Hall–Kier alpha value is -2.35. The Kier molecular flexibility index (Phi) is 5.26. The summed E-state index contributed by atoms with van der Waals surface area (Å²) in [5.74, 6) is 0. The lowest BCUT2D eigenvalue weighted by Gasteiger charge is -2.33. The molecule has 1 unspecified atom stereocenters. The van der Waals surface area contributed by atoms with Gasteiger partial charge in [0.05, 0.1) is 17.6 Å². The lowest BCUT2D eigenvalue weighted by atomic mass is 10.0. The molecule has 156 valence electrons. The number of aromatic amines is 1. The maximum atomic E-state index is 12.3. The van der Waals surface area contributed by atoms with Gasteiger partial charge >= 0.3 is 6.09 Å². The average Bonchev–Trinajstić information content (AvgIpc) is 3.28. The van der Waals surface area contributed by atoms with Crippen LogP contribution in [0.5, 0.6) is 0 Å². The summed E-state index contributed by atoms with van der Waals surface area (Å²) in [6.45, 7) is 3.23. The van der Waals surface area contributed by atoms with E-state index in [4.69, 9.17) is 28.6 Å². The van der Waals surface area contributed by atoms with Crippen LogP contribution in [-0.4, -0.2) is 52.8 Å². The summed E-state index contributed by atoms with van der Waals surface area (Å²) in [6, 6.07) is 15.9. The number of fused-ring (bicyclic) bond motifs is 1. The zero-order chi connectivity index (χ0) is 20.7. The van der Waals surface area contributed by atoms with E-state index in [9.17, 15) is 4.79 Å². The number of halogens is 1. The summed E-state index contributed by atoms with van der Waals surface area (Å²) in [5.41, 5.74) is 3.08. The summed E-state index contributed by atoms with van der Waals surface area (Å²) < 4.78 is 8.68. The highest BCUT2D eigenvalue weighted by Crippen LogP contribution is 2.29. The van der Waals surface area contributed by atoms with Gasteiger partial charge in [0, 0.05) is 36.4 Å². The number of carbonyl (C=O) groups is 1. The predicted molar refractivity (Wildman–Crippen MR) is 121 cm³/mol. The second-order valence-corrected chi connectivity index (χ2v) is 8.77. The van der Waals surface area contributed by atoms with E-state index in [1.54, 1.807) is 17.0 Å². The van der Waals surface area contributed by atoms with Crippen LogP contribution in [0.4, 0.5) is 10.5 Å². The van der Waals surface area contributed by atoms with E-state index >= 15 is 0 Å². The number of para-hydroxylation sites is 2. The fourth-order valence-electron chi connectivity index (χ4n) is 4.53. The minimum absolute atomic E-state index is 0.125. The summed E-state index contributed by atoms with van der Waals surface area (Å²) in [6.07, 6.45) is 1.64. The Bertz CT molecular complexity index is 1120. The molecule has 0 aliphatic carbocycles. The highest BCUT2D eigenvalue weighted by Gasteiger charge is 2.34. The number of nitrogens with one attached hydrogen (secondary N) is 1. The number of cyclic esters (lactones) is 1. The third kappa shape index (κ3) is 3.73. The van der Waals surface area contributed by atoms with Gasteiger partial charge in [-0.2, -0.15) is 0 Å². The Labute approximate surface area is 185 Å². The van der Waals surface area contributed by atoms with E-state index in [-0.39, 0.29) is 12.2 Å². The fourth-order valence-corrected chi connectivity index (χ4v) is 5.02. The first-order valence-corrected chi connectivity index (χ1v) is 11.0. The van der Waals surface area contributed by atoms with Crippen molar-refractivity contribution in [2.24, 2.45) is 0 Å². The molecule has 1 aromatic heterocycles. The Morgan fingerprint density at radius 1 is 1.10 bits per heavy atom. The normalized spacial score (nSPS) is 20.8. The number of H-pyrrole nitrogens is 1. The molecule has 0 bridgehead atoms. The number of amides is 1. The molecule has 0 saturated carbocycles. The smallest absolute Gasteiger partial charge is 0.414 e. The summed E-state index contributed by atoms with van der Waals surface area (Å²) >= 11 is 11.5. The number of piperidine rings is 1. The molecule has 2 aromatic carbocycles. The van der Waals surface area contributed by atoms with E-state index in [1.165, 1.54) is 5.52 Å². The molecule has 3 aromatic rings. The first kappa shape index (κ1) is 19.6. The van der Waals surface area contributed by atoms with E-state index in [2.05, 4.69) is 32.7 Å². The molecule has 8 heteroatoms. The van der Waals surface area contributed by atoms with Crippen molar-refractivity contribution < 1.29 is 9.53 Å². The predicted octanol–water partition coefficient (Wildman–Crippen LogP) is 5.01. The van der Waals surface area contributed by atoms with Gasteiger partial charge in [-0.25, -0.2) is 4.79 Å². The van der Waals surface area contributed by atoms with E-state index < -0.39 is 0 Å². The van der Waals surface area contributed by atoms with Gasteiger partial charge in [-0.1, -0.05) is 23.7 Å². The van der Waals surface area contributed by atoms with Crippen LogP contribution in [0.1, 0.15) is 18.9 Å². The van der Waals surface area contributed by atoms with Crippen molar-refractivity contribution in [1.29, 1.82) is 0 Å². The third-order valence-corrected chi connectivity index (χ3v) is 6.57.